The van der Waals surface area contributed by atoms with E-state index >= 15 is 0 Å². The van der Waals surface area contributed by atoms with E-state index in [4.69, 9.17) is 10.5 Å². The highest BCUT2D eigenvalue weighted by molar-refractivity contribution is 7.18. The molecule has 0 aliphatic heterocycles. The smallest absolute Gasteiger partial charge is 0.180 e. The number of thiazole rings is 1. The summed E-state index contributed by atoms with van der Waals surface area (Å²) in [7, 11) is 0. The third-order valence-corrected chi connectivity index (χ3v) is 3.34. The van der Waals surface area contributed by atoms with Crippen LogP contribution in [0.15, 0.2) is 24.3 Å². The van der Waals surface area contributed by atoms with Crippen molar-refractivity contribution in [2.24, 2.45) is 0 Å². The van der Waals surface area contributed by atoms with Gasteiger partial charge in [-0.1, -0.05) is 11.3 Å². The Morgan fingerprint density at radius 1 is 1.24 bits per heavy atom. The molecule has 0 saturated carbocycles. The van der Waals surface area contributed by atoms with Gasteiger partial charge in [0.05, 0.1) is 16.7 Å². The van der Waals surface area contributed by atoms with Crippen molar-refractivity contribution < 1.29 is 4.74 Å². The van der Waals surface area contributed by atoms with Crippen molar-refractivity contribution >= 4 is 16.5 Å². The van der Waals surface area contributed by atoms with Gasteiger partial charge in [-0.2, -0.15) is 0 Å². The molecule has 90 valence electrons. The molecule has 0 aliphatic carbocycles. The van der Waals surface area contributed by atoms with Gasteiger partial charge in [0, 0.05) is 0 Å². The number of anilines is 1. The first kappa shape index (κ1) is 11.9. The zero-order chi connectivity index (χ0) is 12.4. The number of benzene rings is 1. The summed E-state index contributed by atoms with van der Waals surface area (Å²) in [5.74, 6) is 0.888. The first-order valence-electron chi connectivity index (χ1n) is 5.56. The molecule has 1 aromatic carbocycles. The van der Waals surface area contributed by atoms with E-state index in [9.17, 15) is 0 Å². The Kier molecular flexibility index (Phi) is 3.33. The molecule has 4 heteroatoms. The molecular formula is C13H16N2OS. The van der Waals surface area contributed by atoms with Crippen molar-refractivity contribution in [3.05, 3.63) is 30.0 Å². The molecule has 2 aromatic rings. The average molecular weight is 248 g/mol. The van der Waals surface area contributed by atoms with E-state index in [1.54, 1.807) is 0 Å². The molecule has 1 aromatic heterocycles. The van der Waals surface area contributed by atoms with Crippen LogP contribution in [0.1, 0.15) is 19.5 Å². The lowest BCUT2D eigenvalue weighted by atomic mass is 10.1. The van der Waals surface area contributed by atoms with Crippen LogP contribution in [0.5, 0.6) is 5.75 Å². The minimum absolute atomic E-state index is 0.196. The number of hydrogen-bond donors (Lipinski definition) is 1. The largest absolute Gasteiger partial charge is 0.491 e. The van der Waals surface area contributed by atoms with Crippen LogP contribution in [0, 0.1) is 6.92 Å². The molecule has 3 nitrogen and oxygen atoms in total. The molecule has 1 heterocycles. The SMILES string of the molecule is Cc1nc(N)sc1-c1ccc(OC(C)C)cc1. The molecule has 0 amide bonds. The first-order valence-corrected chi connectivity index (χ1v) is 6.38. The van der Waals surface area contributed by atoms with Crippen molar-refractivity contribution in [1.29, 1.82) is 0 Å². The highest BCUT2D eigenvalue weighted by atomic mass is 32.1. The number of nitrogen functional groups attached to an aromatic ring is 1. The predicted molar refractivity (Wildman–Crippen MR) is 72.5 cm³/mol. The summed E-state index contributed by atoms with van der Waals surface area (Å²) in [5.41, 5.74) is 7.80. The number of nitrogens with two attached hydrogens (primary N) is 1. The maximum atomic E-state index is 5.70. The summed E-state index contributed by atoms with van der Waals surface area (Å²) < 4.78 is 5.60. The van der Waals surface area contributed by atoms with Gasteiger partial charge >= 0.3 is 0 Å². The van der Waals surface area contributed by atoms with Gasteiger partial charge in [-0.05, 0) is 50.6 Å². The molecule has 0 atom stereocenters. The predicted octanol–water partition coefficient (Wildman–Crippen LogP) is 3.49. The van der Waals surface area contributed by atoms with Crippen molar-refractivity contribution in [1.82, 2.24) is 4.98 Å². The monoisotopic (exact) mass is 248 g/mol. The molecular weight excluding hydrogens is 232 g/mol. The summed E-state index contributed by atoms with van der Waals surface area (Å²) in [4.78, 5) is 5.35. The van der Waals surface area contributed by atoms with Gasteiger partial charge in [-0.25, -0.2) is 4.98 Å². The highest BCUT2D eigenvalue weighted by Gasteiger charge is 2.08. The molecule has 0 bridgehead atoms. The fourth-order valence-corrected chi connectivity index (χ4v) is 2.48. The zero-order valence-corrected chi connectivity index (χ0v) is 11.0. The fourth-order valence-electron chi connectivity index (χ4n) is 1.64. The van der Waals surface area contributed by atoms with Crippen molar-refractivity contribution in [3.63, 3.8) is 0 Å². The van der Waals surface area contributed by atoms with Crippen LogP contribution in [0.25, 0.3) is 10.4 Å². The topological polar surface area (TPSA) is 48.1 Å². The van der Waals surface area contributed by atoms with Crippen LogP contribution in [-0.4, -0.2) is 11.1 Å². The molecule has 2 rings (SSSR count). The van der Waals surface area contributed by atoms with Crippen LogP contribution in [0.2, 0.25) is 0 Å². The Balaban J connectivity index is 2.26. The van der Waals surface area contributed by atoms with E-state index in [1.807, 2.05) is 45.0 Å². The van der Waals surface area contributed by atoms with Crippen LogP contribution in [0.4, 0.5) is 5.13 Å². The molecule has 0 fully saturated rings. The summed E-state index contributed by atoms with van der Waals surface area (Å²) in [5, 5.41) is 0.611. The second-order valence-corrected chi connectivity index (χ2v) is 5.19. The van der Waals surface area contributed by atoms with Gasteiger partial charge in [0.25, 0.3) is 0 Å². The standard InChI is InChI=1S/C13H16N2OS/c1-8(2)16-11-6-4-10(5-7-11)12-9(3)15-13(14)17-12/h4-8H,1-3H3,(H2,14,15). The van der Waals surface area contributed by atoms with E-state index in [0.29, 0.717) is 5.13 Å². The Morgan fingerprint density at radius 2 is 1.88 bits per heavy atom. The minimum Gasteiger partial charge on any atom is -0.491 e. The number of nitrogens with zero attached hydrogens (tertiary/aromatic N) is 1. The lowest BCUT2D eigenvalue weighted by Gasteiger charge is -2.09. The second-order valence-electron chi connectivity index (χ2n) is 4.16. The summed E-state index contributed by atoms with van der Waals surface area (Å²) in [6.07, 6.45) is 0.196. The summed E-state index contributed by atoms with van der Waals surface area (Å²) >= 11 is 1.51. The van der Waals surface area contributed by atoms with E-state index in [-0.39, 0.29) is 6.10 Å². The Morgan fingerprint density at radius 3 is 2.35 bits per heavy atom. The van der Waals surface area contributed by atoms with Gasteiger partial charge in [-0.15, -0.1) is 0 Å². The zero-order valence-electron chi connectivity index (χ0n) is 10.2. The second kappa shape index (κ2) is 4.75. The number of aryl methyl sites for hydroxylation is 1. The van der Waals surface area contributed by atoms with Gasteiger partial charge in [0.15, 0.2) is 5.13 Å². The number of ether oxygens (including phenoxy) is 1. The number of hydrogen-bond acceptors (Lipinski definition) is 4. The molecule has 2 N–H and O–H groups in total. The Bertz CT molecular complexity index is 503. The van der Waals surface area contributed by atoms with E-state index < -0.39 is 0 Å². The molecule has 0 unspecified atom stereocenters. The first-order chi connectivity index (χ1) is 8.06. The van der Waals surface area contributed by atoms with Gasteiger partial charge in [0.1, 0.15) is 5.75 Å². The quantitative estimate of drug-likeness (QED) is 0.904. The molecule has 0 radical (unpaired) electrons. The Labute approximate surface area is 105 Å². The minimum atomic E-state index is 0.196. The Hall–Kier alpha value is -1.55. The van der Waals surface area contributed by atoms with Gasteiger partial charge in [-0.3, -0.25) is 0 Å². The number of rotatable bonds is 3. The normalized spacial score (nSPS) is 10.8. The number of aromatic nitrogens is 1. The maximum Gasteiger partial charge on any atom is 0.180 e. The van der Waals surface area contributed by atoms with E-state index in [1.165, 1.54) is 11.3 Å². The molecule has 0 saturated heterocycles. The summed E-state index contributed by atoms with van der Waals surface area (Å²) in [6.45, 7) is 6.00. The van der Waals surface area contributed by atoms with Gasteiger partial charge in [0.2, 0.25) is 0 Å². The van der Waals surface area contributed by atoms with Crippen molar-refractivity contribution in [2.75, 3.05) is 5.73 Å². The van der Waals surface area contributed by atoms with Gasteiger partial charge < -0.3 is 10.5 Å². The molecule has 17 heavy (non-hydrogen) atoms. The molecule has 0 spiro atoms. The van der Waals surface area contributed by atoms with E-state index in [2.05, 4.69) is 4.98 Å². The van der Waals surface area contributed by atoms with Crippen LogP contribution in [-0.2, 0) is 0 Å². The van der Waals surface area contributed by atoms with Crippen molar-refractivity contribution in [3.8, 4) is 16.2 Å². The van der Waals surface area contributed by atoms with Crippen LogP contribution < -0.4 is 10.5 Å². The van der Waals surface area contributed by atoms with Crippen LogP contribution in [0.3, 0.4) is 0 Å². The molecule has 0 aliphatic rings. The average Bonchev–Trinajstić information content (AvgIpc) is 2.58. The highest BCUT2D eigenvalue weighted by Crippen LogP contribution is 2.32. The maximum absolute atomic E-state index is 5.70. The van der Waals surface area contributed by atoms with Crippen molar-refractivity contribution in [2.45, 2.75) is 26.9 Å². The lowest BCUT2D eigenvalue weighted by Crippen LogP contribution is -2.05. The third kappa shape index (κ3) is 2.77. The summed E-state index contributed by atoms with van der Waals surface area (Å²) in [6, 6.07) is 8.03. The lowest BCUT2D eigenvalue weighted by molar-refractivity contribution is 0.242. The van der Waals surface area contributed by atoms with E-state index in [0.717, 1.165) is 21.9 Å². The fraction of sp³-hybridized carbons (Fsp3) is 0.308. The third-order valence-electron chi connectivity index (χ3n) is 2.30. The van der Waals surface area contributed by atoms with Crippen LogP contribution >= 0.6 is 11.3 Å².